The fourth-order valence-corrected chi connectivity index (χ4v) is 3.92. The zero-order chi connectivity index (χ0) is 17.8. The van der Waals surface area contributed by atoms with Gasteiger partial charge in [0.25, 0.3) is 0 Å². The molecule has 7 nitrogen and oxygen atoms in total. The van der Waals surface area contributed by atoms with E-state index in [9.17, 15) is 10.1 Å². The third-order valence-corrected chi connectivity index (χ3v) is 5.38. The number of nitro benzene ring substituents is 1. The Labute approximate surface area is 149 Å². The van der Waals surface area contributed by atoms with Gasteiger partial charge in [-0.05, 0) is 31.2 Å². The van der Waals surface area contributed by atoms with Crippen molar-refractivity contribution >= 4 is 11.4 Å². The Bertz CT molecular complexity index is 609. The van der Waals surface area contributed by atoms with Crippen LogP contribution in [0.15, 0.2) is 12.1 Å². The molecule has 0 aromatic heterocycles. The average Bonchev–Trinajstić information content (AvgIpc) is 2.63. The molecule has 0 saturated carbocycles. The molecule has 25 heavy (non-hydrogen) atoms. The fraction of sp³-hybridized carbons (Fsp3) is 0.667. The highest BCUT2D eigenvalue weighted by atomic mass is 16.6. The summed E-state index contributed by atoms with van der Waals surface area (Å²) in [6.07, 6.45) is 2.34. The van der Waals surface area contributed by atoms with Gasteiger partial charge in [0.05, 0.1) is 12.0 Å². The number of ether oxygens (including phenoxy) is 1. The van der Waals surface area contributed by atoms with Crippen molar-refractivity contribution in [1.29, 1.82) is 0 Å². The Hall–Kier alpha value is -1.86. The topological polar surface area (TPSA) is 70.9 Å². The molecule has 1 aromatic carbocycles. The number of aryl methyl sites for hydroxylation is 1. The van der Waals surface area contributed by atoms with Gasteiger partial charge in [-0.3, -0.25) is 10.1 Å². The lowest BCUT2D eigenvalue weighted by atomic mass is 9.95. The highest BCUT2D eigenvalue weighted by Crippen LogP contribution is 2.36. The van der Waals surface area contributed by atoms with Crippen LogP contribution in [0.5, 0.6) is 5.75 Å². The number of anilines is 1. The molecule has 2 saturated heterocycles. The number of nitro groups is 1. The number of nitrogens with zero attached hydrogens (tertiary/aromatic N) is 3. The van der Waals surface area contributed by atoms with Gasteiger partial charge in [0.2, 0.25) is 0 Å². The minimum atomic E-state index is -0.380. The molecule has 0 unspecified atom stereocenters. The normalized spacial score (nSPS) is 19.8. The van der Waals surface area contributed by atoms with Gasteiger partial charge in [0, 0.05) is 63.6 Å². The van der Waals surface area contributed by atoms with E-state index in [1.807, 2.05) is 13.0 Å². The fourth-order valence-electron chi connectivity index (χ4n) is 3.92. The molecule has 2 aliphatic rings. The predicted octanol–water partition coefficient (Wildman–Crippen LogP) is 2.03. The summed E-state index contributed by atoms with van der Waals surface area (Å²) in [5, 5.41) is 14.6. The van der Waals surface area contributed by atoms with Crippen LogP contribution in [-0.4, -0.2) is 62.7 Å². The lowest BCUT2D eigenvalue weighted by molar-refractivity contribution is -0.385. The first-order valence-electron chi connectivity index (χ1n) is 9.09. The van der Waals surface area contributed by atoms with E-state index in [1.54, 1.807) is 6.07 Å². The van der Waals surface area contributed by atoms with E-state index < -0.39 is 0 Å². The highest BCUT2D eigenvalue weighted by Gasteiger charge is 2.25. The third kappa shape index (κ3) is 4.22. The third-order valence-electron chi connectivity index (χ3n) is 5.38. The monoisotopic (exact) mass is 348 g/mol. The Balaban J connectivity index is 1.63. The van der Waals surface area contributed by atoms with Crippen LogP contribution < -0.4 is 15.0 Å². The number of nitrogens with one attached hydrogen (secondary N) is 1. The number of benzene rings is 1. The SMILES string of the molecule is COc1cc(N2CCC(CN3CCNCC3)CC2)c(C)cc1[N+](=O)[O-]. The number of rotatable bonds is 5. The predicted molar refractivity (Wildman–Crippen MR) is 98.6 cm³/mol. The van der Waals surface area contributed by atoms with Crippen molar-refractivity contribution in [2.24, 2.45) is 5.92 Å². The molecule has 2 heterocycles. The summed E-state index contributed by atoms with van der Waals surface area (Å²) >= 11 is 0. The Morgan fingerprint density at radius 2 is 1.92 bits per heavy atom. The minimum Gasteiger partial charge on any atom is -0.490 e. The number of hydrogen-bond acceptors (Lipinski definition) is 6. The standard InChI is InChI=1S/C18H28N4O3/c1-14-11-17(22(23)24)18(25-2)12-16(14)21-7-3-15(4-8-21)13-20-9-5-19-6-10-20/h11-12,15,19H,3-10,13H2,1-2H3. The van der Waals surface area contributed by atoms with Crippen LogP contribution in [0.25, 0.3) is 0 Å². The molecule has 1 N–H and O–H groups in total. The van der Waals surface area contributed by atoms with Crippen molar-refractivity contribution in [3.63, 3.8) is 0 Å². The number of hydrogen-bond donors (Lipinski definition) is 1. The van der Waals surface area contributed by atoms with Crippen LogP contribution in [-0.2, 0) is 0 Å². The van der Waals surface area contributed by atoms with Crippen molar-refractivity contribution in [3.05, 3.63) is 27.8 Å². The first kappa shape index (κ1) is 17.9. The lowest BCUT2D eigenvalue weighted by Crippen LogP contribution is -2.47. The van der Waals surface area contributed by atoms with Crippen LogP contribution in [0.3, 0.4) is 0 Å². The zero-order valence-corrected chi connectivity index (χ0v) is 15.2. The molecule has 0 amide bonds. The van der Waals surface area contributed by atoms with Crippen molar-refractivity contribution < 1.29 is 9.66 Å². The van der Waals surface area contributed by atoms with Gasteiger partial charge in [0.1, 0.15) is 0 Å². The summed E-state index contributed by atoms with van der Waals surface area (Å²) in [7, 11) is 1.49. The van der Waals surface area contributed by atoms with Crippen molar-refractivity contribution in [2.45, 2.75) is 19.8 Å². The first-order chi connectivity index (χ1) is 12.1. The molecule has 0 aliphatic carbocycles. The molecule has 2 aliphatic heterocycles. The Kier molecular flexibility index (Phi) is 5.75. The van der Waals surface area contributed by atoms with Crippen LogP contribution in [0.1, 0.15) is 18.4 Å². The second-order valence-corrected chi connectivity index (χ2v) is 7.05. The average molecular weight is 348 g/mol. The van der Waals surface area contributed by atoms with Crippen molar-refractivity contribution in [3.8, 4) is 5.75 Å². The number of methoxy groups -OCH3 is 1. The quantitative estimate of drug-likeness (QED) is 0.649. The second kappa shape index (κ2) is 8.01. The van der Waals surface area contributed by atoms with E-state index in [1.165, 1.54) is 26.5 Å². The van der Waals surface area contributed by atoms with Gasteiger partial charge in [-0.2, -0.15) is 0 Å². The van der Waals surface area contributed by atoms with Crippen LogP contribution in [0.2, 0.25) is 0 Å². The highest BCUT2D eigenvalue weighted by molar-refractivity contribution is 5.64. The molecule has 2 fully saturated rings. The van der Waals surface area contributed by atoms with E-state index in [4.69, 9.17) is 4.74 Å². The number of piperazine rings is 1. The Morgan fingerprint density at radius 1 is 1.24 bits per heavy atom. The molecule has 0 spiro atoms. The lowest BCUT2D eigenvalue weighted by Gasteiger charge is -2.37. The maximum atomic E-state index is 11.2. The summed E-state index contributed by atoms with van der Waals surface area (Å²) in [6.45, 7) is 9.63. The molecule has 7 heteroatoms. The van der Waals surface area contributed by atoms with Gasteiger partial charge in [0.15, 0.2) is 5.75 Å². The van der Waals surface area contributed by atoms with Gasteiger partial charge in [-0.25, -0.2) is 0 Å². The van der Waals surface area contributed by atoms with Gasteiger partial charge in [-0.1, -0.05) is 0 Å². The molecule has 0 radical (unpaired) electrons. The van der Waals surface area contributed by atoms with Gasteiger partial charge >= 0.3 is 5.69 Å². The van der Waals surface area contributed by atoms with E-state index >= 15 is 0 Å². The molecule has 138 valence electrons. The molecule has 3 rings (SSSR count). The maximum absolute atomic E-state index is 11.2. The Morgan fingerprint density at radius 3 is 2.52 bits per heavy atom. The molecule has 0 atom stereocenters. The first-order valence-corrected chi connectivity index (χ1v) is 9.09. The second-order valence-electron chi connectivity index (χ2n) is 7.05. The van der Waals surface area contributed by atoms with E-state index in [0.29, 0.717) is 5.75 Å². The van der Waals surface area contributed by atoms with E-state index in [-0.39, 0.29) is 10.6 Å². The van der Waals surface area contributed by atoms with E-state index in [2.05, 4.69) is 15.1 Å². The summed E-state index contributed by atoms with van der Waals surface area (Å²) < 4.78 is 5.23. The van der Waals surface area contributed by atoms with Crippen LogP contribution in [0.4, 0.5) is 11.4 Å². The summed E-state index contributed by atoms with van der Waals surface area (Å²) in [5.74, 6) is 1.09. The minimum absolute atomic E-state index is 0.0392. The van der Waals surface area contributed by atoms with E-state index in [0.717, 1.165) is 56.4 Å². The largest absolute Gasteiger partial charge is 0.490 e. The van der Waals surface area contributed by atoms with Crippen LogP contribution in [0, 0.1) is 23.0 Å². The van der Waals surface area contributed by atoms with Gasteiger partial charge < -0.3 is 19.9 Å². The number of piperidine rings is 1. The summed E-state index contributed by atoms with van der Waals surface area (Å²) in [6, 6.07) is 3.45. The summed E-state index contributed by atoms with van der Waals surface area (Å²) in [5.41, 5.74) is 2.04. The smallest absolute Gasteiger partial charge is 0.311 e. The molecular weight excluding hydrogens is 320 g/mol. The van der Waals surface area contributed by atoms with Crippen LogP contribution >= 0.6 is 0 Å². The zero-order valence-electron chi connectivity index (χ0n) is 15.2. The molecule has 0 bridgehead atoms. The summed E-state index contributed by atoms with van der Waals surface area (Å²) in [4.78, 5) is 15.7. The molecule has 1 aromatic rings. The maximum Gasteiger partial charge on any atom is 0.311 e. The van der Waals surface area contributed by atoms with Gasteiger partial charge in [-0.15, -0.1) is 0 Å². The van der Waals surface area contributed by atoms with Crippen molar-refractivity contribution in [1.82, 2.24) is 10.2 Å². The van der Waals surface area contributed by atoms with Crippen molar-refractivity contribution in [2.75, 3.05) is 57.8 Å². The molecular formula is C18H28N4O3.